The summed E-state index contributed by atoms with van der Waals surface area (Å²) >= 11 is 5.62. The van der Waals surface area contributed by atoms with Crippen molar-refractivity contribution in [2.24, 2.45) is 16.5 Å². The zero-order valence-electron chi connectivity index (χ0n) is 7.01. The van der Waals surface area contributed by atoms with E-state index in [1.54, 1.807) is 0 Å². The molecule has 0 unspecified atom stereocenters. The summed E-state index contributed by atoms with van der Waals surface area (Å²) in [4.78, 5) is 4.00. The van der Waals surface area contributed by atoms with Gasteiger partial charge in [-0.05, 0) is 47.2 Å². The van der Waals surface area contributed by atoms with Gasteiger partial charge in [-0.3, -0.25) is 0 Å². The molecule has 0 aromatic heterocycles. The Morgan fingerprint density at radius 1 is 1.46 bits per heavy atom. The minimum atomic E-state index is 0.0830. The fourth-order valence-corrected chi connectivity index (χ4v) is 2.23. The van der Waals surface area contributed by atoms with E-state index < -0.39 is 0 Å². The summed E-state index contributed by atoms with van der Waals surface area (Å²) < 4.78 is 2.08. The van der Waals surface area contributed by atoms with Crippen LogP contribution in [0.1, 0.15) is 5.56 Å². The van der Waals surface area contributed by atoms with Crippen molar-refractivity contribution in [2.45, 2.75) is 6.92 Å². The second-order valence-corrected chi connectivity index (χ2v) is 4.61. The maximum atomic E-state index is 5.29. The third-order valence-electron chi connectivity index (χ3n) is 1.48. The molecule has 0 heterocycles. The van der Waals surface area contributed by atoms with Crippen molar-refractivity contribution in [3.8, 4) is 0 Å². The van der Waals surface area contributed by atoms with Gasteiger partial charge in [0.05, 0.1) is 5.69 Å². The lowest BCUT2D eigenvalue weighted by Gasteiger charge is -2.03. The van der Waals surface area contributed by atoms with Gasteiger partial charge >= 0.3 is 0 Å². The molecule has 1 rings (SSSR count). The molecule has 13 heavy (non-hydrogen) atoms. The van der Waals surface area contributed by atoms with E-state index in [4.69, 9.17) is 11.5 Å². The van der Waals surface area contributed by atoms with Gasteiger partial charge in [0, 0.05) is 8.04 Å². The Bertz CT molecular complexity index is 359. The van der Waals surface area contributed by atoms with E-state index in [-0.39, 0.29) is 5.96 Å². The van der Waals surface area contributed by atoms with Gasteiger partial charge in [-0.2, -0.15) is 0 Å². The average molecular weight is 354 g/mol. The second-order valence-electron chi connectivity index (χ2n) is 2.59. The molecule has 0 saturated heterocycles. The molecule has 3 nitrogen and oxygen atoms in total. The zero-order chi connectivity index (χ0) is 10.0. The highest BCUT2D eigenvalue weighted by atomic mass is 127. The summed E-state index contributed by atoms with van der Waals surface area (Å²) in [6, 6.07) is 3.92. The molecule has 0 bridgehead atoms. The molecule has 1 aromatic carbocycles. The van der Waals surface area contributed by atoms with Gasteiger partial charge in [-0.15, -0.1) is 0 Å². The Hall–Kier alpha value is -0.300. The first-order chi connectivity index (χ1) is 6.00. The van der Waals surface area contributed by atoms with Gasteiger partial charge < -0.3 is 11.5 Å². The maximum absolute atomic E-state index is 5.29. The van der Waals surface area contributed by atoms with E-state index in [0.29, 0.717) is 0 Å². The largest absolute Gasteiger partial charge is 0.370 e. The minimum Gasteiger partial charge on any atom is -0.370 e. The lowest BCUT2D eigenvalue weighted by molar-refractivity contribution is 1.35. The maximum Gasteiger partial charge on any atom is 0.191 e. The van der Waals surface area contributed by atoms with Crippen molar-refractivity contribution in [3.63, 3.8) is 0 Å². The molecule has 0 fully saturated rings. The van der Waals surface area contributed by atoms with E-state index in [1.165, 1.54) is 0 Å². The first-order valence-corrected chi connectivity index (χ1v) is 5.43. The van der Waals surface area contributed by atoms with Crippen LogP contribution in [0.4, 0.5) is 5.69 Å². The molecule has 4 N–H and O–H groups in total. The number of hydrogen-bond acceptors (Lipinski definition) is 1. The number of rotatable bonds is 1. The van der Waals surface area contributed by atoms with Crippen molar-refractivity contribution >= 4 is 50.2 Å². The number of hydrogen-bond donors (Lipinski definition) is 2. The molecule has 0 atom stereocenters. The molecule has 0 radical (unpaired) electrons. The van der Waals surface area contributed by atoms with Gasteiger partial charge in [-0.25, -0.2) is 4.99 Å². The van der Waals surface area contributed by atoms with Gasteiger partial charge in [0.1, 0.15) is 0 Å². The SMILES string of the molecule is Cc1cc(N=C(N)N)c(I)cc1Br. The van der Waals surface area contributed by atoms with Crippen molar-refractivity contribution < 1.29 is 0 Å². The fourth-order valence-electron chi connectivity index (χ4n) is 0.867. The van der Waals surface area contributed by atoms with Crippen molar-refractivity contribution in [1.29, 1.82) is 0 Å². The van der Waals surface area contributed by atoms with Gasteiger partial charge in [0.15, 0.2) is 5.96 Å². The molecule has 0 saturated carbocycles. The van der Waals surface area contributed by atoms with E-state index >= 15 is 0 Å². The minimum absolute atomic E-state index is 0.0830. The zero-order valence-corrected chi connectivity index (χ0v) is 10.8. The quantitative estimate of drug-likeness (QED) is 0.462. The third kappa shape index (κ3) is 2.84. The molecule has 0 amide bonds. The summed E-state index contributed by atoms with van der Waals surface area (Å²) in [6.45, 7) is 1.99. The number of benzene rings is 1. The standard InChI is InChI=1S/C8H9BrIN3/c1-4-2-7(13-8(11)12)6(10)3-5(4)9/h2-3H,1H3,(H4,11,12,13). The number of nitrogens with two attached hydrogens (primary N) is 2. The third-order valence-corrected chi connectivity index (χ3v) is 3.20. The summed E-state index contributed by atoms with van der Waals surface area (Å²) in [7, 11) is 0. The molecular formula is C8H9BrIN3. The predicted molar refractivity (Wildman–Crippen MR) is 67.1 cm³/mol. The molecule has 0 spiro atoms. The summed E-state index contributed by atoms with van der Waals surface area (Å²) in [6.07, 6.45) is 0. The molecule has 0 aliphatic heterocycles. The smallest absolute Gasteiger partial charge is 0.191 e. The number of halogens is 2. The normalized spacial score (nSPS) is 9.77. The Balaban J connectivity index is 3.24. The summed E-state index contributed by atoms with van der Waals surface area (Å²) in [5, 5.41) is 0. The van der Waals surface area contributed by atoms with Crippen LogP contribution in [-0.4, -0.2) is 5.96 Å². The highest BCUT2D eigenvalue weighted by molar-refractivity contribution is 14.1. The van der Waals surface area contributed by atoms with Crippen LogP contribution in [-0.2, 0) is 0 Å². The number of guanidine groups is 1. The van der Waals surface area contributed by atoms with E-state index in [1.807, 2.05) is 19.1 Å². The Kier molecular flexibility index (Phi) is 3.55. The molecule has 0 aliphatic rings. The topological polar surface area (TPSA) is 64.4 Å². The van der Waals surface area contributed by atoms with Crippen LogP contribution in [0, 0.1) is 10.5 Å². The second kappa shape index (κ2) is 4.28. The predicted octanol–water partition coefficient (Wildman–Crippen LogP) is 2.27. The lowest BCUT2D eigenvalue weighted by atomic mass is 10.2. The van der Waals surface area contributed by atoms with Crippen molar-refractivity contribution in [3.05, 3.63) is 25.7 Å². The molecule has 70 valence electrons. The number of aliphatic imine (C=N–C) groups is 1. The Morgan fingerprint density at radius 3 is 2.62 bits per heavy atom. The Morgan fingerprint density at radius 2 is 2.08 bits per heavy atom. The van der Waals surface area contributed by atoms with Gasteiger partial charge in [0.2, 0.25) is 0 Å². The van der Waals surface area contributed by atoms with Gasteiger partial charge in [-0.1, -0.05) is 15.9 Å². The van der Waals surface area contributed by atoms with Crippen molar-refractivity contribution in [1.82, 2.24) is 0 Å². The van der Waals surface area contributed by atoms with Crippen LogP contribution < -0.4 is 11.5 Å². The van der Waals surface area contributed by atoms with Gasteiger partial charge in [0.25, 0.3) is 0 Å². The Labute approximate surface area is 98.9 Å². The summed E-state index contributed by atoms with van der Waals surface area (Å²) in [5.74, 6) is 0.0830. The highest BCUT2D eigenvalue weighted by Crippen LogP contribution is 2.28. The first kappa shape index (κ1) is 10.8. The van der Waals surface area contributed by atoms with Crippen molar-refractivity contribution in [2.75, 3.05) is 0 Å². The summed E-state index contributed by atoms with van der Waals surface area (Å²) in [5.41, 5.74) is 12.5. The van der Waals surface area contributed by atoms with E-state index in [2.05, 4.69) is 43.5 Å². The first-order valence-electron chi connectivity index (χ1n) is 3.56. The number of nitrogens with zero attached hydrogens (tertiary/aromatic N) is 1. The molecule has 5 heteroatoms. The highest BCUT2D eigenvalue weighted by Gasteiger charge is 2.02. The van der Waals surface area contributed by atoms with Crippen LogP contribution in [0.25, 0.3) is 0 Å². The molecular weight excluding hydrogens is 345 g/mol. The van der Waals surface area contributed by atoms with Crippen LogP contribution in [0.2, 0.25) is 0 Å². The van der Waals surface area contributed by atoms with Crippen LogP contribution in [0.5, 0.6) is 0 Å². The number of aryl methyl sites for hydroxylation is 1. The molecule has 0 aliphatic carbocycles. The van der Waals surface area contributed by atoms with E-state index in [9.17, 15) is 0 Å². The average Bonchev–Trinajstić information content (AvgIpc) is 1.99. The lowest BCUT2D eigenvalue weighted by Crippen LogP contribution is -2.22. The monoisotopic (exact) mass is 353 g/mol. The van der Waals surface area contributed by atoms with E-state index in [0.717, 1.165) is 19.3 Å². The molecule has 1 aromatic rings. The van der Waals surface area contributed by atoms with Crippen LogP contribution >= 0.6 is 38.5 Å². The van der Waals surface area contributed by atoms with Crippen LogP contribution in [0.15, 0.2) is 21.6 Å². The fraction of sp³-hybridized carbons (Fsp3) is 0.125. The van der Waals surface area contributed by atoms with Crippen LogP contribution in [0.3, 0.4) is 0 Å².